The summed E-state index contributed by atoms with van der Waals surface area (Å²) in [5, 5.41) is 4.48. The lowest BCUT2D eigenvalue weighted by Crippen LogP contribution is -2.19. The molecular formula is C29H28ClNO4S2. The number of hydrogen-bond acceptors (Lipinski definition) is 7. The van der Waals surface area contributed by atoms with Gasteiger partial charge in [0.2, 0.25) is 5.78 Å². The second kappa shape index (κ2) is 13.1. The van der Waals surface area contributed by atoms with Crippen molar-refractivity contribution in [3.63, 3.8) is 0 Å². The fraction of sp³-hybridized carbons (Fsp3) is 0.241. The Morgan fingerprint density at radius 2 is 1.32 bits per heavy atom. The van der Waals surface area contributed by atoms with Gasteiger partial charge in [0, 0.05) is 55.3 Å². The molecule has 0 amide bonds. The Balaban J connectivity index is 1.65. The van der Waals surface area contributed by atoms with Crippen LogP contribution >= 0.6 is 35.1 Å². The van der Waals surface area contributed by atoms with Gasteiger partial charge < -0.3 is 4.84 Å². The zero-order chi connectivity index (χ0) is 27.0. The Hall–Kier alpha value is -2.87. The number of Topliss-reactive ketones (excluding diaryl/α,β-unsaturated/α-hetero) is 2. The molecule has 192 valence electrons. The molecule has 0 aromatic heterocycles. The van der Waals surface area contributed by atoms with Crippen molar-refractivity contribution < 1.29 is 19.2 Å². The maximum absolute atomic E-state index is 13.1. The van der Waals surface area contributed by atoms with Gasteiger partial charge in [0.05, 0.1) is 0 Å². The molecule has 0 N–H and O–H groups in total. The molecule has 0 aliphatic heterocycles. The van der Waals surface area contributed by atoms with Crippen LogP contribution in [0.15, 0.2) is 92.6 Å². The Bertz CT molecular complexity index is 1280. The van der Waals surface area contributed by atoms with Crippen LogP contribution in [0.3, 0.4) is 0 Å². The van der Waals surface area contributed by atoms with Crippen molar-refractivity contribution >= 4 is 58.4 Å². The normalized spacial score (nSPS) is 11.8. The number of benzene rings is 3. The van der Waals surface area contributed by atoms with Crippen molar-refractivity contribution in [3.05, 3.63) is 88.9 Å². The third kappa shape index (κ3) is 8.88. The summed E-state index contributed by atoms with van der Waals surface area (Å²) in [5.74, 6) is -0.198. The number of rotatable bonds is 10. The minimum Gasteiger partial charge on any atom is -0.318 e. The van der Waals surface area contributed by atoms with E-state index in [1.807, 2.05) is 81.4 Å². The van der Waals surface area contributed by atoms with Crippen molar-refractivity contribution in [1.82, 2.24) is 0 Å². The average molecular weight is 554 g/mol. The zero-order valence-corrected chi connectivity index (χ0v) is 23.5. The van der Waals surface area contributed by atoms with E-state index in [1.54, 1.807) is 23.9 Å². The molecule has 5 nitrogen and oxygen atoms in total. The molecule has 0 radical (unpaired) electrons. The molecular weight excluding hydrogens is 526 g/mol. The molecule has 8 heteroatoms. The Kier molecular flexibility index (Phi) is 10.1. The van der Waals surface area contributed by atoms with Crippen LogP contribution in [0.25, 0.3) is 0 Å². The molecule has 0 fully saturated rings. The lowest BCUT2D eigenvalue weighted by molar-refractivity contribution is -0.140. The van der Waals surface area contributed by atoms with Crippen LogP contribution in [0, 0.1) is 5.41 Å². The summed E-state index contributed by atoms with van der Waals surface area (Å²) in [6.45, 7) is 6.96. The highest BCUT2D eigenvalue weighted by Crippen LogP contribution is 2.30. The van der Waals surface area contributed by atoms with E-state index in [4.69, 9.17) is 16.4 Å². The van der Waals surface area contributed by atoms with Crippen molar-refractivity contribution in [2.45, 2.75) is 48.8 Å². The largest absolute Gasteiger partial charge is 0.331 e. The number of oxime groups is 1. The van der Waals surface area contributed by atoms with Gasteiger partial charge in [-0.3, -0.25) is 9.59 Å². The van der Waals surface area contributed by atoms with Gasteiger partial charge in [0.15, 0.2) is 5.78 Å². The molecule has 0 saturated carbocycles. The predicted octanol–water partition coefficient (Wildman–Crippen LogP) is 8.00. The quantitative estimate of drug-likeness (QED) is 0.0832. The third-order valence-corrected chi connectivity index (χ3v) is 7.40. The number of carbonyl (C=O) groups is 3. The molecule has 0 heterocycles. The predicted molar refractivity (Wildman–Crippen MR) is 151 cm³/mol. The fourth-order valence-electron chi connectivity index (χ4n) is 3.20. The topological polar surface area (TPSA) is 72.8 Å². The van der Waals surface area contributed by atoms with Gasteiger partial charge in [0.25, 0.3) is 0 Å². The highest BCUT2D eigenvalue weighted by molar-refractivity contribution is 7.99. The lowest BCUT2D eigenvalue weighted by Gasteiger charge is -2.16. The highest BCUT2D eigenvalue weighted by atomic mass is 35.5. The minimum atomic E-state index is -0.586. The van der Waals surface area contributed by atoms with Crippen LogP contribution in [0.1, 0.15) is 54.8 Å². The van der Waals surface area contributed by atoms with Crippen molar-refractivity contribution in [1.29, 1.82) is 0 Å². The molecule has 0 unspecified atom stereocenters. The second-order valence-corrected chi connectivity index (χ2v) is 12.0. The van der Waals surface area contributed by atoms with E-state index in [-0.39, 0.29) is 17.3 Å². The summed E-state index contributed by atoms with van der Waals surface area (Å²) >= 11 is 9.02. The Morgan fingerprint density at radius 3 is 1.84 bits per heavy atom. The van der Waals surface area contributed by atoms with E-state index >= 15 is 0 Å². The van der Waals surface area contributed by atoms with E-state index in [1.165, 1.54) is 18.7 Å². The van der Waals surface area contributed by atoms with E-state index < -0.39 is 11.4 Å². The highest BCUT2D eigenvalue weighted by Gasteiger charge is 2.22. The number of halogens is 1. The number of nitrogens with zero attached hydrogens (tertiary/aromatic N) is 1. The summed E-state index contributed by atoms with van der Waals surface area (Å²) < 4.78 is 0. The van der Waals surface area contributed by atoms with Crippen molar-refractivity contribution in [3.8, 4) is 0 Å². The van der Waals surface area contributed by atoms with Crippen LogP contribution in [-0.2, 0) is 9.63 Å². The number of hydrogen-bond donors (Lipinski definition) is 0. The van der Waals surface area contributed by atoms with Crippen LogP contribution in [0.4, 0.5) is 0 Å². The third-order valence-electron chi connectivity index (χ3n) is 5.12. The first-order chi connectivity index (χ1) is 17.5. The molecule has 37 heavy (non-hydrogen) atoms. The lowest BCUT2D eigenvalue weighted by atomic mass is 9.87. The standard InChI is InChI=1S/C29H28ClNO4S2/c1-19(32)35-31-26(17-18-36-23-15-9-22(30)10-16-23)27(33)20-5-11-24(12-6-20)37-25-13-7-21(8-14-25)28(34)29(2,3)4/h5-16H,17-18H2,1-4H3/b31-26+. The maximum Gasteiger partial charge on any atom is 0.331 e. The molecule has 0 atom stereocenters. The molecule has 0 aliphatic rings. The van der Waals surface area contributed by atoms with Crippen molar-refractivity contribution in [2.75, 3.05) is 5.75 Å². The first-order valence-corrected chi connectivity index (χ1v) is 13.8. The van der Waals surface area contributed by atoms with E-state index in [2.05, 4.69) is 5.16 Å². The first kappa shape index (κ1) is 28.7. The Morgan fingerprint density at radius 1 is 0.811 bits per heavy atom. The van der Waals surface area contributed by atoms with E-state index in [0.717, 1.165) is 14.7 Å². The zero-order valence-electron chi connectivity index (χ0n) is 21.1. The molecule has 0 spiro atoms. The van der Waals surface area contributed by atoms with E-state index in [9.17, 15) is 14.4 Å². The smallest absolute Gasteiger partial charge is 0.318 e. The molecule has 0 saturated heterocycles. The number of ketones is 2. The molecule has 0 aliphatic carbocycles. The van der Waals surface area contributed by atoms with Crippen LogP contribution in [0.2, 0.25) is 5.02 Å². The fourth-order valence-corrected chi connectivity index (χ4v) is 5.00. The van der Waals surface area contributed by atoms with Gasteiger partial charge in [0.1, 0.15) is 5.71 Å². The maximum atomic E-state index is 13.1. The summed E-state index contributed by atoms with van der Waals surface area (Å²) in [5.41, 5.74) is 0.893. The van der Waals surface area contributed by atoms with Gasteiger partial charge in [-0.15, -0.1) is 11.8 Å². The number of thioether (sulfide) groups is 1. The first-order valence-electron chi connectivity index (χ1n) is 11.6. The van der Waals surface area contributed by atoms with Gasteiger partial charge in [-0.1, -0.05) is 61.4 Å². The Labute approximate surface area is 231 Å². The van der Waals surface area contributed by atoms with Crippen molar-refractivity contribution in [2.24, 2.45) is 10.6 Å². The van der Waals surface area contributed by atoms with Crippen LogP contribution in [0.5, 0.6) is 0 Å². The van der Waals surface area contributed by atoms with Gasteiger partial charge in [-0.25, -0.2) is 4.79 Å². The van der Waals surface area contributed by atoms with Gasteiger partial charge in [-0.05, 0) is 60.7 Å². The SMILES string of the molecule is CC(=O)O/N=C(\CCSc1ccc(Cl)cc1)C(=O)c1ccc(Sc2ccc(C(=O)C(C)(C)C)cc2)cc1. The van der Waals surface area contributed by atoms with Gasteiger partial charge >= 0.3 is 5.97 Å². The van der Waals surface area contributed by atoms with Crippen LogP contribution < -0.4 is 0 Å². The average Bonchev–Trinajstić information content (AvgIpc) is 2.86. The molecule has 3 rings (SSSR count). The summed E-state index contributed by atoms with van der Waals surface area (Å²) in [7, 11) is 0. The summed E-state index contributed by atoms with van der Waals surface area (Å²) in [6.07, 6.45) is 0.329. The summed E-state index contributed by atoms with van der Waals surface area (Å²) in [6, 6.07) is 22.1. The van der Waals surface area contributed by atoms with E-state index in [0.29, 0.717) is 28.3 Å². The number of carbonyl (C=O) groups excluding carboxylic acids is 3. The van der Waals surface area contributed by atoms with Gasteiger partial charge in [-0.2, -0.15) is 0 Å². The van der Waals surface area contributed by atoms with Crippen LogP contribution in [-0.4, -0.2) is 29.0 Å². The monoisotopic (exact) mass is 553 g/mol. The summed E-state index contributed by atoms with van der Waals surface area (Å²) in [4.78, 5) is 44.6. The molecule has 3 aromatic carbocycles. The molecule has 0 bridgehead atoms. The second-order valence-electron chi connectivity index (χ2n) is 9.23. The minimum absolute atomic E-state index is 0.102. The molecule has 3 aromatic rings.